The Hall–Kier alpha value is -5.09. The number of hydrogen-bond acceptors (Lipinski definition) is 6. The zero-order valence-corrected chi connectivity index (χ0v) is 26.3. The lowest BCUT2D eigenvalue weighted by Gasteiger charge is -2.24. The summed E-state index contributed by atoms with van der Waals surface area (Å²) < 4.78 is 47.1. The summed E-state index contributed by atoms with van der Waals surface area (Å²) in [5, 5.41) is 8.52. The van der Waals surface area contributed by atoms with Gasteiger partial charge in [0.15, 0.2) is 17.3 Å². The minimum Gasteiger partial charge on any atom is -0.444 e. The Labute approximate surface area is 273 Å². The number of fused-ring (bicyclic) bond motifs is 2. The number of imidazole rings is 1. The molecule has 0 amide bonds. The zero-order valence-electron chi connectivity index (χ0n) is 25.5. The van der Waals surface area contributed by atoms with Crippen LogP contribution < -0.4 is 9.47 Å². The third-order valence-corrected chi connectivity index (χ3v) is 9.37. The van der Waals surface area contributed by atoms with Crippen LogP contribution >= 0.6 is 11.6 Å². The lowest BCUT2D eigenvalue weighted by Crippen LogP contribution is -2.32. The molecule has 0 bridgehead atoms. The number of ether oxygens (including phenoxy) is 2. The molecule has 11 heteroatoms. The van der Waals surface area contributed by atoms with Crippen LogP contribution in [0.15, 0.2) is 85.2 Å². The molecule has 1 aliphatic heterocycles. The van der Waals surface area contributed by atoms with Gasteiger partial charge in [0.25, 0.3) is 5.79 Å². The van der Waals surface area contributed by atoms with E-state index in [0.717, 1.165) is 23.9 Å². The van der Waals surface area contributed by atoms with E-state index in [1.807, 2.05) is 35.1 Å². The van der Waals surface area contributed by atoms with Gasteiger partial charge in [-0.1, -0.05) is 41.1 Å². The Kier molecular flexibility index (Phi) is 6.70. The van der Waals surface area contributed by atoms with E-state index in [1.54, 1.807) is 43.5 Å². The molecule has 1 saturated carbocycles. The Bertz CT molecular complexity index is 2210. The maximum Gasteiger partial charge on any atom is 0.278 e. The number of benzene rings is 4. The molecule has 3 heterocycles. The van der Waals surface area contributed by atoms with Crippen LogP contribution in [-0.2, 0) is 24.3 Å². The van der Waals surface area contributed by atoms with Crippen molar-refractivity contribution in [2.75, 3.05) is 0 Å². The van der Waals surface area contributed by atoms with Crippen LogP contribution in [0.2, 0.25) is 5.02 Å². The molecular weight excluding hydrogens is 624 g/mol. The van der Waals surface area contributed by atoms with Crippen molar-refractivity contribution >= 4 is 28.4 Å². The van der Waals surface area contributed by atoms with Gasteiger partial charge in [0.1, 0.15) is 17.5 Å². The average molecular weight is 652 g/mol. The molecule has 8 nitrogen and oxygen atoms in total. The standard InChI is InChI=1S/C36H28ClF2N5O3/c1-21(45)22-8-11-30-31(17-22)43(20-36(12-13-36)44-15-14-40-42-44)33(41-30)18-24-7-6-23(16-28(24)38)26-4-3-5-32-34(26)47-35(2,46-32)27-10-9-25(37)19-29(27)39/h3-11,14-17,19H,12-13,18,20H2,1-2H3. The molecule has 2 aliphatic rings. The normalized spacial score (nSPS) is 17.7. The highest BCUT2D eigenvalue weighted by molar-refractivity contribution is 6.30. The number of rotatable bonds is 8. The van der Waals surface area contributed by atoms with Gasteiger partial charge in [-0.05, 0) is 79.4 Å². The lowest BCUT2D eigenvalue weighted by atomic mass is 10.0. The van der Waals surface area contributed by atoms with Crippen LogP contribution in [0.25, 0.3) is 22.2 Å². The molecule has 1 unspecified atom stereocenters. The predicted octanol–water partition coefficient (Wildman–Crippen LogP) is 7.85. The van der Waals surface area contributed by atoms with Gasteiger partial charge in [-0.3, -0.25) is 4.79 Å². The molecule has 4 aromatic carbocycles. The van der Waals surface area contributed by atoms with Gasteiger partial charge in [0.2, 0.25) is 0 Å². The van der Waals surface area contributed by atoms with Crippen molar-refractivity contribution in [2.24, 2.45) is 0 Å². The van der Waals surface area contributed by atoms with Gasteiger partial charge in [0, 0.05) is 42.2 Å². The molecule has 1 atom stereocenters. The molecule has 0 spiro atoms. The fourth-order valence-electron chi connectivity index (χ4n) is 6.41. The summed E-state index contributed by atoms with van der Waals surface area (Å²) in [5.41, 5.74) is 3.71. The van der Waals surface area contributed by atoms with Crippen molar-refractivity contribution in [3.63, 3.8) is 0 Å². The molecule has 0 radical (unpaired) electrons. The van der Waals surface area contributed by atoms with Crippen molar-refractivity contribution in [1.29, 1.82) is 0 Å². The Morgan fingerprint density at radius 3 is 2.57 bits per heavy atom. The molecule has 47 heavy (non-hydrogen) atoms. The third kappa shape index (κ3) is 5.04. The number of para-hydroxylation sites is 1. The smallest absolute Gasteiger partial charge is 0.278 e. The first-order chi connectivity index (χ1) is 22.6. The van der Waals surface area contributed by atoms with Crippen LogP contribution in [0.3, 0.4) is 0 Å². The molecule has 6 aromatic rings. The van der Waals surface area contributed by atoms with E-state index in [1.165, 1.54) is 25.1 Å². The van der Waals surface area contributed by atoms with Crippen LogP contribution in [0.5, 0.6) is 11.5 Å². The van der Waals surface area contributed by atoms with Crippen LogP contribution in [0, 0.1) is 11.6 Å². The van der Waals surface area contributed by atoms with E-state index in [-0.39, 0.29) is 28.3 Å². The first kappa shape index (κ1) is 29.3. The van der Waals surface area contributed by atoms with Crippen molar-refractivity contribution in [3.8, 4) is 22.6 Å². The van der Waals surface area contributed by atoms with Gasteiger partial charge in [0.05, 0.1) is 28.3 Å². The summed E-state index contributed by atoms with van der Waals surface area (Å²) in [6, 6.07) is 20.1. The Balaban J connectivity index is 1.13. The fraction of sp³-hybridized carbons (Fsp3) is 0.222. The molecule has 1 fully saturated rings. The number of halogens is 3. The first-order valence-corrected chi connectivity index (χ1v) is 15.6. The SMILES string of the molecule is CC(=O)c1ccc2nc(Cc3ccc(-c4cccc5c4OC(C)(c4ccc(Cl)cc4F)O5)cc3F)n(CC3(n4ccnn4)CC3)c2c1. The predicted molar refractivity (Wildman–Crippen MR) is 172 cm³/mol. The van der Waals surface area contributed by atoms with Gasteiger partial charge in [-0.15, -0.1) is 5.10 Å². The molecule has 2 aromatic heterocycles. The third-order valence-electron chi connectivity index (χ3n) is 9.14. The van der Waals surface area contributed by atoms with E-state index in [4.69, 9.17) is 26.1 Å². The molecule has 236 valence electrons. The van der Waals surface area contributed by atoms with E-state index in [2.05, 4.69) is 14.9 Å². The number of Topliss-reactive ketones (excluding diaryl/α,β-unsaturated/α-hetero) is 1. The Morgan fingerprint density at radius 2 is 1.85 bits per heavy atom. The van der Waals surface area contributed by atoms with Gasteiger partial charge in [-0.25, -0.2) is 18.4 Å². The number of nitrogens with zero attached hydrogens (tertiary/aromatic N) is 5. The van der Waals surface area contributed by atoms with Crippen molar-refractivity contribution in [3.05, 3.63) is 124 Å². The topological polar surface area (TPSA) is 84.1 Å². The van der Waals surface area contributed by atoms with Gasteiger partial charge < -0.3 is 14.0 Å². The van der Waals surface area contributed by atoms with E-state index >= 15 is 4.39 Å². The maximum atomic E-state index is 16.0. The summed E-state index contributed by atoms with van der Waals surface area (Å²) >= 11 is 5.96. The maximum absolute atomic E-state index is 16.0. The van der Waals surface area contributed by atoms with E-state index < -0.39 is 17.4 Å². The Morgan fingerprint density at radius 1 is 1.00 bits per heavy atom. The largest absolute Gasteiger partial charge is 0.444 e. The number of carbonyl (C=O) groups is 1. The average Bonchev–Trinajstić information content (AvgIpc) is 3.34. The second-order valence-electron chi connectivity index (χ2n) is 12.3. The summed E-state index contributed by atoms with van der Waals surface area (Å²) in [4.78, 5) is 17.1. The van der Waals surface area contributed by atoms with Crippen LogP contribution in [0.1, 0.15) is 54.0 Å². The second kappa shape index (κ2) is 10.7. The molecule has 0 saturated heterocycles. The minimum atomic E-state index is -1.43. The first-order valence-electron chi connectivity index (χ1n) is 15.2. The second-order valence-corrected chi connectivity index (χ2v) is 12.8. The highest BCUT2D eigenvalue weighted by Crippen LogP contribution is 2.50. The zero-order chi connectivity index (χ0) is 32.5. The lowest BCUT2D eigenvalue weighted by molar-refractivity contribution is -0.0705. The number of aromatic nitrogens is 5. The highest BCUT2D eigenvalue weighted by Gasteiger charge is 2.47. The van der Waals surface area contributed by atoms with Crippen molar-refractivity contribution in [1.82, 2.24) is 24.5 Å². The van der Waals surface area contributed by atoms with E-state index in [0.29, 0.717) is 46.1 Å². The van der Waals surface area contributed by atoms with E-state index in [9.17, 15) is 9.18 Å². The number of carbonyl (C=O) groups excluding carboxylic acids is 1. The number of ketones is 1. The summed E-state index contributed by atoms with van der Waals surface area (Å²) in [6.07, 6.45) is 5.58. The molecule has 0 N–H and O–H groups in total. The highest BCUT2D eigenvalue weighted by atomic mass is 35.5. The monoisotopic (exact) mass is 651 g/mol. The fourth-order valence-corrected chi connectivity index (χ4v) is 6.57. The van der Waals surface area contributed by atoms with Crippen molar-refractivity contribution in [2.45, 2.75) is 51.0 Å². The molecular formula is C36H28ClF2N5O3. The summed E-state index contributed by atoms with van der Waals surface area (Å²) in [7, 11) is 0. The minimum absolute atomic E-state index is 0.0411. The van der Waals surface area contributed by atoms with Crippen molar-refractivity contribution < 1.29 is 23.0 Å². The van der Waals surface area contributed by atoms with Crippen LogP contribution in [-0.4, -0.2) is 30.3 Å². The molecule has 8 rings (SSSR count). The summed E-state index contributed by atoms with van der Waals surface area (Å²) in [5.74, 6) is -0.949. The molecule has 1 aliphatic carbocycles. The quantitative estimate of drug-likeness (QED) is 0.156. The summed E-state index contributed by atoms with van der Waals surface area (Å²) in [6.45, 7) is 3.73. The van der Waals surface area contributed by atoms with Gasteiger partial charge in [-0.2, -0.15) is 0 Å². The van der Waals surface area contributed by atoms with Gasteiger partial charge >= 0.3 is 0 Å². The number of hydrogen-bond donors (Lipinski definition) is 0. The van der Waals surface area contributed by atoms with Crippen LogP contribution in [0.4, 0.5) is 8.78 Å².